The van der Waals surface area contributed by atoms with E-state index in [1.54, 1.807) is 42.5 Å². The van der Waals surface area contributed by atoms with Crippen LogP contribution in [0, 0.1) is 0 Å². The zero-order valence-corrected chi connectivity index (χ0v) is 20.0. The van der Waals surface area contributed by atoms with Crippen molar-refractivity contribution >= 4 is 29.1 Å². The third kappa shape index (κ3) is 5.20. The minimum Gasteiger partial charge on any atom is -0.507 e. The van der Waals surface area contributed by atoms with Crippen molar-refractivity contribution in [1.82, 2.24) is 4.90 Å². The van der Waals surface area contributed by atoms with E-state index in [1.807, 2.05) is 0 Å². The molecule has 0 bridgehead atoms. The lowest BCUT2D eigenvalue weighted by molar-refractivity contribution is -0.140. The number of aliphatic hydroxyl groups excluding tert-OH is 1. The fraction of sp³-hybridized carbons (Fsp3) is 0.259. The first-order valence-corrected chi connectivity index (χ1v) is 11.8. The van der Waals surface area contributed by atoms with Crippen LogP contribution < -0.4 is 4.74 Å². The summed E-state index contributed by atoms with van der Waals surface area (Å²) < 4.78 is 11.1. The monoisotopic (exact) mass is 495 g/mol. The Morgan fingerprint density at radius 2 is 1.89 bits per heavy atom. The van der Waals surface area contributed by atoms with E-state index in [0.717, 1.165) is 19.3 Å². The number of unbranched alkanes of at least 4 members (excludes halogenated alkanes) is 2. The predicted molar refractivity (Wildman–Crippen MR) is 131 cm³/mol. The van der Waals surface area contributed by atoms with Crippen molar-refractivity contribution < 1.29 is 29.0 Å². The summed E-state index contributed by atoms with van der Waals surface area (Å²) in [5, 5.41) is 21.1. The lowest BCUT2D eigenvalue weighted by Crippen LogP contribution is -2.29. The first-order valence-electron chi connectivity index (χ1n) is 11.4. The molecule has 8 heteroatoms. The first kappa shape index (κ1) is 24.4. The molecule has 2 aromatic carbocycles. The molecule has 7 nitrogen and oxygen atoms in total. The van der Waals surface area contributed by atoms with Gasteiger partial charge in [0, 0.05) is 5.56 Å². The number of rotatable bonds is 9. The zero-order chi connectivity index (χ0) is 24.9. The number of hydrogen-bond donors (Lipinski definition) is 2. The zero-order valence-electron chi connectivity index (χ0n) is 19.2. The number of carbonyl (C=O) groups is 2. The van der Waals surface area contributed by atoms with Gasteiger partial charge in [-0.25, -0.2) is 0 Å². The van der Waals surface area contributed by atoms with Crippen molar-refractivity contribution in [1.29, 1.82) is 0 Å². The maximum absolute atomic E-state index is 13.1. The molecule has 0 radical (unpaired) electrons. The SMILES string of the molecule is CCCCCOc1ccc(/C(O)=C2/C(=O)C(=O)N(Cc3ccco3)C2c2ccc(O)c(Cl)c2)cc1. The number of aliphatic hydroxyl groups is 1. The number of furan rings is 1. The van der Waals surface area contributed by atoms with Gasteiger partial charge in [0.2, 0.25) is 0 Å². The Morgan fingerprint density at radius 1 is 1.11 bits per heavy atom. The molecule has 2 N–H and O–H groups in total. The normalized spacial score (nSPS) is 17.2. The van der Waals surface area contributed by atoms with E-state index >= 15 is 0 Å². The first-order chi connectivity index (χ1) is 16.9. The number of carbonyl (C=O) groups excluding carboxylic acids is 2. The van der Waals surface area contributed by atoms with Crippen LogP contribution in [0.5, 0.6) is 11.5 Å². The van der Waals surface area contributed by atoms with Crippen LogP contribution in [0.4, 0.5) is 0 Å². The highest BCUT2D eigenvalue weighted by Gasteiger charge is 2.46. The number of aromatic hydroxyl groups is 1. The molecule has 1 aliphatic heterocycles. The van der Waals surface area contributed by atoms with Crippen LogP contribution in [0.15, 0.2) is 70.9 Å². The summed E-state index contributed by atoms with van der Waals surface area (Å²) in [6, 6.07) is 13.6. The average molecular weight is 496 g/mol. The molecular formula is C27H26ClNO6. The van der Waals surface area contributed by atoms with Crippen LogP contribution in [0.1, 0.15) is 49.1 Å². The second kappa shape index (κ2) is 10.7. The van der Waals surface area contributed by atoms with Gasteiger partial charge < -0.3 is 24.3 Å². The summed E-state index contributed by atoms with van der Waals surface area (Å²) in [6.07, 6.45) is 4.61. The molecule has 1 saturated heterocycles. The smallest absolute Gasteiger partial charge is 0.296 e. The van der Waals surface area contributed by atoms with Gasteiger partial charge in [-0.15, -0.1) is 0 Å². The van der Waals surface area contributed by atoms with E-state index in [4.69, 9.17) is 20.8 Å². The Morgan fingerprint density at radius 3 is 2.54 bits per heavy atom. The van der Waals surface area contributed by atoms with Crippen molar-refractivity contribution in [3.63, 3.8) is 0 Å². The molecule has 3 aromatic rings. The Bertz CT molecular complexity index is 1230. The molecule has 0 spiro atoms. The largest absolute Gasteiger partial charge is 0.507 e. The van der Waals surface area contributed by atoms with Gasteiger partial charge in [0.05, 0.1) is 36.1 Å². The van der Waals surface area contributed by atoms with E-state index < -0.39 is 17.7 Å². The van der Waals surface area contributed by atoms with Crippen LogP contribution >= 0.6 is 11.6 Å². The number of nitrogens with zero attached hydrogens (tertiary/aromatic N) is 1. The molecule has 4 rings (SSSR count). The average Bonchev–Trinajstić information content (AvgIpc) is 3.46. The van der Waals surface area contributed by atoms with Crippen LogP contribution in [-0.2, 0) is 16.1 Å². The van der Waals surface area contributed by atoms with Crippen molar-refractivity contribution in [2.45, 2.75) is 38.8 Å². The van der Waals surface area contributed by atoms with Gasteiger partial charge in [0.25, 0.3) is 11.7 Å². The predicted octanol–water partition coefficient (Wildman–Crippen LogP) is 5.83. The van der Waals surface area contributed by atoms with Crippen molar-refractivity contribution in [3.05, 3.63) is 88.3 Å². The molecule has 2 heterocycles. The summed E-state index contributed by atoms with van der Waals surface area (Å²) in [4.78, 5) is 27.5. The number of likely N-dealkylation sites (tertiary alicyclic amines) is 1. The number of benzene rings is 2. The molecule has 1 aromatic heterocycles. The van der Waals surface area contributed by atoms with Crippen molar-refractivity contribution in [3.8, 4) is 11.5 Å². The number of hydrogen-bond acceptors (Lipinski definition) is 6. The van der Waals surface area contributed by atoms with Gasteiger partial charge in [-0.2, -0.15) is 0 Å². The molecule has 0 aliphatic carbocycles. The van der Waals surface area contributed by atoms with Gasteiger partial charge >= 0.3 is 0 Å². The van der Waals surface area contributed by atoms with Crippen molar-refractivity contribution in [2.24, 2.45) is 0 Å². The lowest BCUT2D eigenvalue weighted by atomic mass is 9.95. The second-order valence-electron chi connectivity index (χ2n) is 8.30. The fourth-order valence-corrected chi connectivity index (χ4v) is 4.25. The standard InChI is InChI=1S/C27H26ClNO6/c1-2-3-4-13-34-19-10-7-17(8-11-19)25(31)23-24(18-9-12-22(30)21(28)15-18)29(27(33)26(23)32)16-20-6-5-14-35-20/h5-12,14-15,24,30-31H,2-4,13,16H2,1H3/b25-23-. The molecule has 1 atom stereocenters. The van der Waals surface area contributed by atoms with Gasteiger partial charge in [0.15, 0.2) is 0 Å². The quantitative estimate of drug-likeness (QED) is 0.168. The number of amides is 1. The van der Waals surface area contributed by atoms with E-state index in [1.165, 1.54) is 23.3 Å². The van der Waals surface area contributed by atoms with Crippen molar-refractivity contribution in [2.75, 3.05) is 6.61 Å². The Labute approximate surface area is 208 Å². The number of ketones is 1. The van der Waals surface area contributed by atoms with E-state index in [0.29, 0.717) is 29.2 Å². The van der Waals surface area contributed by atoms with E-state index in [-0.39, 0.29) is 28.6 Å². The molecular weight excluding hydrogens is 470 g/mol. The number of phenolic OH excluding ortho intramolecular Hbond substituents is 1. The summed E-state index contributed by atoms with van der Waals surface area (Å²) in [7, 11) is 0. The van der Waals surface area contributed by atoms with Gasteiger partial charge in [-0.05, 0) is 60.5 Å². The Kier molecular flexibility index (Phi) is 7.46. The third-order valence-corrected chi connectivity index (χ3v) is 6.18. The Balaban J connectivity index is 1.71. The van der Waals surface area contributed by atoms with Gasteiger partial charge in [-0.1, -0.05) is 37.4 Å². The van der Waals surface area contributed by atoms with E-state index in [2.05, 4.69) is 6.92 Å². The lowest BCUT2D eigenvalue weighted by Gasteiger charge is -2.24. The molecule has 1 amide bonds. The van der Waals surface area contributed by atoms with Crippen LogP contribution in [0.3, 0.4) is 0 Å². The number of phenols is 1. The maximum atomic E-state index is 13.1. The summed E-state index contributed by atoms with van der Waals surface area (Å²) in [6.45, 7) is 2.73. The highest BCUT2D eigenvalue weighted by molar-refractivity contribution is 6.46. The molecule has 1 unspecified atom stereocenters. The molecule has 182 valence electrons. The van der Waals surface area contributed by atoms with Gasteiger partial charge in [-0.3, -0.25) is 9.59 Å². The fourth-order valence-electron chi connectivity index (χ4n) is 4.06. The van der Waals surface area contributed by atoms with Crippen LogP contribution in [0.2, 0.25) is 5.02 Å². The summed E-state index contributed by atoms with van der Waals surface area (Å²) in [5.41, 5.74) is 0.771. The molecule has 0 saturated carbocycles. The van der Waals surface area contributed by atoms with Crippen LogP contribution in [0.25, 0.3) is 5.76 Å². The summed E-state index contributed by atoms with van der Waals surface area (Å²) in [5.74, 6) is -0.898. The third-order valence-electron chi connectivity index (χ3n) is 5.88. The number of ether oxygens (including phenoxy) is 1. The Hall–Kier alpha value is -3.71. The topological polar surface area (TPSA) is 100 Å². The minimum atomic E-state index is -0.928. The maximum Gasteiger partial charge on any atom is 0.296 e. The van der Waals surface area contributed by atoms with E-state index in [9.17, 15) is 19.8 Å². The number of Topliss-reactive ketones (excluding diaryl/α,β-unsaturated/α-hetero) is 1. The highest BCUT2D eigenvalue weighted by Crippen LogP contribution is 2.42. The molecule has 1 aliphatic rings. The number of halogens is 1. The van der Waals surface area contributed by atoms with Gasteiger partial charge in [0.1, 0.15) is 23.0 Å². The highest BCUT2D eigenvalue weighted by atomic mass is 35.5. The second-order valence-corrected chi connectivity index (χ2v) is 8.70. The molecule has 1 fully saturated rings. The molecule has 35 heavy (non-hydrogen) atoms. The van der Waals surface area contributed by atoms with Crippen LogP contribution in [-0.4, -0.2) is 33.4 Å². The summed E-state index contributed by atoms with van der Waals surface area (Å²) >= 11 is 6.13. The minimum absolute atomic E-state index is 0.0159.